The molecule has 5 nitrogen and oxygen atoms in total. The van der Waals surface area contributed by atoms with Crippen LogP contribution < -0.4 is 11.1 Å². The average Bonchev–Trinajstić information content (AvgIpc) is 3.09. The maximum Gasteiger partial charge on any atom is 0.272 e. The van der Waals surface area contributed by atoms with Gasteiger partial charge in [0.2, 0.25) is 0 Å². The maximum absolute atomic E-state index is 12.5. The van der Waals surface area contributed by atoms with Gasteiger partial charge in [-0.3, -0.25) is 4.79 Å². The van der Waals surface area contributed by atoms with Crippen molar-refractivity contribution in [3.05, 3.63) is 45.2 Å². The molecule has 1 atom stereocenters. The first-order valence-electron chi connectivity index (χ1n) is 7.58. The van der Waals surface area contributed by atoms with Crippen LogP contribution in [0.25, 0.3) is 5.69 Å². The van der Waals surface area contributed by atoms with Crippen molar-refractivity contribution in [1.82, 2.24) is 15.1 Å². The van der Waals surface area contributed by atoms with E-state index in [1.54, 1.807) is 16.8 Å². The zero-order chi connectivity index (χ0) is 16.6. The highest BCUT2D eigenvalue weighted by molar-refractivity contribution is 6.35. The van der Waals surface area contributed by atoms with Crippen LogP contribution in [0.15, 0.2) is 18.2 Å². The number of nitrogens with two attached hydrogens (primary N) is 1. The van der Waals surface area contributed by atoms with E-state index >= 15 is 0 Å². The Balaban J connectivity index is 0.00000208. The number of hydrogen-bond acceptors (Lipinski definition) is 3. The standard InChI is InChI=1S/C16H18Cl2N4O.ClH/c1-9(8-19)20-16(23)15-11-3-2-4-13(11)22(21-15)14-6-5-10(17)7-12(14)18;/h5-7,9H,2-4,8,19H2,1H3,(H,20,23);1H/t9-;/m0./s1. The van der Waals surface area contributed by atoms with E-state index in [0.717, 1.165) is 36.2 Å². The van der Waals surface area contributed by atoms with Crippen LogP contribution in [0.1, 0.15) is 35.1 Å². The molecule has 0 saturated carbocycles. The summed E-state index contributed by atoms with van der Waals surface area (Å²) < 4.78 is 1.77. The average molecular weight is 390 g/mol. The molecule has 0 fully saturated rings. The van der Waals surface area contributed by atoms with Gasteiger partial charge in [0.15, 0.2) is 5.69 Å². The molecule has 1 aliphatic rings. The molecule has 3 rings (SSSR count). The number of benzene rings is 1. The van der Waals surface area contributed by atoms with Crippen molar-refractivity contribution in [2.45, 2.75) is 32.2 Å². The molecule has 1 aromatic heterocycles. The Hall–Kier alpha value is -1.27. The SMILES string of the molecule is C[C@@H](CN)NC(=O)c1nn(-c2ccc(Cl)cc2Cl)c2c1CCC2.Cl. The van der Waals surface area contributed by atoms with Gasteiger partial charge < -0.3 is 11.1 Å². The zero-order valence-electron chi connectivity index (χ0n) is 13.2. The van der Waals surface area contributed by atoms with E-state index in [0.29, 0.717) is 22.3 Å². The lowest BCUT2D eigenvalue weighted by atomic mass is 10.2. The highest BCUT2D eigenvalue weighted by Crippen LogP contribution is 2.31. The number of fused-ring (bicyclic) bond motifs is 1. The van der Waals surface area contributed by atoms with E-state index < -0.39 is 0 Å². The van der Waals surface area contributed by atoms with E-state index in [1.165, 1.54) is 0 Å². The second-order valence-electron chi connectivity index (χ2n) is 5.75. The number of hydrogen-bond donors (Lipinski definition) is 2. The predicted octanol–water partition coefficient (Wildman–Crippen LogP) is 3.17. The summed E-state index contributed by atoms with van der Waals surface area (Å²) in [6, 6.07) is 5.17. The molecule has 130 valence electrons. The lowest BCUT2D eigenvalue weighted by Gasteiger charge is -2.10. The first kappa shape index (κ1) is 19.1. The Morgan fingerprint density at radius 2 is 2.17 bits per heavy atom. The minimum Gasteiger partial charge on any atom is -0.347 e. The summed E-state index contributed by atoms with van der Waals surface area (Å²) >= 11 is 12.3. The van der Waals surface area contributed by atoms with Gasteiger partial charge in [-0.2, -0.15) is 5.10 Å². The lowest BCUT2D eigenvalue weighted by Crippen LogP contribution is -2.38. The van der Waals surface area contributed by atoms with Crippen LogP contribution in [0, 0.1) is 0 Å². The number of nitrogens with zero attached hydrogens (tertiary/aromatic N) is 2. The first-order chi connectivity index (χ1) is 11.0. The molecule has 1 heterocycles. The third-order valence-electron chi connectivity index (χ3n) is 4.01. The molecule has 1 aromatic carbocycles. The van der Waals surface area contributed by atoms with Crippen molar-refractivity contribution >= 4 is 41.5 Å². The molecule has 1 amide bonds. The van der Waals surface area contributed by atoms with Crippen molar-refractivity contribution in [3.63, 3.8) is 0 Å². The summed E-state index contributed by atoms with van der Waals surface area (Å²) in [7, 11) is 0. The van der Waals surface area contributed by atoms with Gasteiger partial charge in [0, 0.05) is 28.9 Å². The van der Waals surface area contributed by atoms with Crippen LogP contribution in [0.3, 0.4) is 0 Å². The van der Waals surface area contributed by atoms with Gasteiger partial charge in [0.1, 0.15) is 0 Å². The second kappa shape index (κ2) is 7.74. The van der Waals surface area contributed by atoms with Crippen LogP contribution in [0.4, 0.5) is 0 Å². The monoisotopic (exact) mass is 388 g/mol. The van der Waals surface area contributed by atoms with Gasteiger partial charge in [0.25, 0.3) is 5.91 Å². The predicted molar refractivity (Wildman–Crippen MR) is 98.8 cm³/mol. The molecular formula is C16H19Cl3N4O. The molecule has 0 unspecified atom stereocenters. The fourth-order valence-electron chi connectivity index (χ4n) is 2.82. The van der Waals surface area contributed by atoms with Crippen molar-refractivity contribution in [2.75, 3.05) is 6.54 Å². The topological polar surface area (TPSA) is 72.9 Å². The Morgan fingerprint density at radius 3 is 2.83 bits per heavy atom. The highest BCUT2D eigenvalue weighted by Gasteiger charge is 2.28. The van der Waals surface area contributed by atoms with E-state index in [-0.39, 0.29) is 24.4 Å². The van der Waals surface area contributed by atoms with E-state index in [9.17, 15) is 4.79 Å². The Morgan fingerprint density at radius 1 is 1.42 bits per heavy atom. The molecular weight excluding hydrogens is 371 g/mol. The largest absolute Gasteiger partial charge is 0.347 e. The van der Waals surface area contributed by atoms with E-state index in [4.69, 9.17) is 28.9 Å². The van der Waals surface area contributed by atoms with Crippen LogP contribution in [0.5, 0.6) is 0 Å². The van der Waals surface area contributed by atoms with Crippen LogP contribution in [0.2, 0.25) is 10.0 Å². The summed E-state index contributed by atoms with van der Waals surface area (Å²) in [6.07, 6.45) is 2.73. The molecule has 0 radical (unpaired) electrons. The molecule has 24 heavy (non-hydrogen) atoms. The molecule has 0 aliphatic heterocycles. The number of nitrogens with one attached hydrogen (secondary N) is 1. The molecule has 1 aliphatic carbocycles. The number of rotatable bonds is 4. The molecule has 3 N–H and O–H groups in total. The van der Waals surface area contributed by atoms with E-state index in [2.05, 4.69) is 10.4 Å². The number of aromatic nitrogens is 2. The van der Waals surface area contributed by atoms with Gasteiger partial charge in [-0.05, 0) is 44.4 Å². The second-order valence-corrected chi connectivity index (χ2v) is 6.59. The van der Waals surface area contributed by atoms with Gasteiger partial charge >= 0.3 is 0 Å². The van der Waals surface area contributed by atoms with Gasteiger partial charge in [-0.15, -0.1) is 12.4 Å². The van der Waals surface area contributed by atoms with Crippen molar-refractivity contribution in [2.24, 2.45) is 5.73 Å². The zero-order valence-corrected chi connectivity index (χ0v) is 15.5. The molecule has 2 aromatic rings. The van der Waals surface area contributed by atoms with Crippen molar-refractivity contribution in [1.29, 1.82) is 0 Å². The van der Waals surface area contributed by atoms with Crippen LogP contribution in [-0.2, 0) is 12.8 Å². The molecule has 0 bridgehead atoms. The molecule has 8 heteroatoms. The minimum absolute atomic E-state index is 0. The van der Waals surface area contributed by atoms with Crippen molar-refractivity contribution < 1.29 is 4.79 Å². The molecule has 0 spiro atoms. The van der Waals surface area contributed by atoms with Crippen LogP contribution in [-0.4, -0.2) is 28.3 Å². The van der Waals surface area contributed by atoms with Crippen molar-refractivity contribution in [3.8, 4) is 5.69 Å². The normalized spacial score (nSPS) is 14.0. The van der Waals surface area contributed by atoms with Crippen LogP contribution >= 0.6 is 35.6 Å². The third kappa shape index (κ3) is 3.54. The van der Waals surface area contributed by atoms with E-state index in [1.807, 2.05) is 13.0 Å². The number of carbonyl (C=O) groups is 1. The summed E-state index contributed by atoms with van der Waals surface area (Å²) in [6.45, 7) is 2.25. The quantitative estimate of drug-likeness (QED) is 0.843. The fraction of sp³-hybridized carbons (Fsp3) is 0.375. The van der Waals surface area contributed by atoms with Gasteiger partial charge in [0.05, 0.1) is 10.7 Å². The Labute approximate surface area is 156 Å². The minimum atomic E-state index is -0.190. The highest BCUT2D eigenvalue weighted by atomic mass is 35.5. The smallest absolute Gasteiger partial charge is 0.272 e. The maximum atomic E-state index is 12.5. The fourth-order valence-corrected chi connectivity index (χ4v) is 3.31. The summed E-state index contributed by atoms with van der Waals surface area (Å²) in [5.41, 5.74) is 8.81. The Bertz CT molecular complexity index is 760. The number of amides is 1. The third-order valence-corrected chi connectivity index (χ3v) is 4.55. The summed E-state index contributed by atoms with van der Waals surface area (Å²) in [5.74, 6) is -0.190. The summed E-state index contributed by atoms with van der Waals surface area (Å²) in [4.78, 5) is 12.5. The first-order valence-corrected chi connectivity index (χ1v) is 8.34. The Kier molecular flexibility index (Phi) is 6.15. The summed E-state index contributed by atoms with van der Waals surface area (Å²) in [5, 5.41) is 8.46. The lowest BCUT2D eigenvalue weighted by molar-refractivity contribution is 0.0935. The van der Waals surface area contributed by atoms with Gasteiger partial charge in [-0.1, -0.05) is 23.2 Å². The van der Waals surface area contributed by atoms with Gasteiger partial charge in [-0.25, -0.2) is 4.68 Å². The number of carbonyl (C=O) groups excluding carboxylic acids is 1. The molecule has 0 saturated heterocycles. The number of halogens is 3.